The van der Waals surface area contributed by atoms with Gasteiger partial charge in [0.05, 0.1) is 16.4 Å². The lowest BCUT2D eigenvalue weighted by atomic mass is 9.94. The molecule has 0 amide bonds. The van der Waals surface area contributed by atoms with E-state index in [9.17, 15) is 8.42 Å². The zero-order valence-electron chi connectivity index (χ0n) is 17.8. The van der Waals surface area contributed by atoms with Crippen LogP contribution in [-0.4, -0.2) is 30.4 Å². The standard InChI is InChI=1S/C23H26ClN3O2S2/c1-16-11-17(2)14-27(13-16)31(28,29)22-12-18(9-10-20(22)24)21-15-30-23(26(21)3)25-19-7-5-4-6-8-19/h4-10,12,15-17H,11,13-14H2,1-3H3. The average Bonchev–Trinajstić information content (AvgIpc) is 3.08. The van der Waals surface area contributed by atoms with Crippen molar-refractivity contribution >= 4 is 38.6 Å². The topological polar surface area (TPSA) is 54.7 Å². The molecular formula is C23H26ClN3O2S2. The number of aromatic nitrogens is 1. The zero-order chi connectivity index (χ0) is 22.2. The van der Waals surface area contributed by atoms with Crippen LogP contribution in [0, 0.1) is 11.8 Å². The van der Waals surface area contributed by atoms with E-state index in [0.717, 1.165) is 28.2 Å². The zero-order valence-corrected chi connectivity index (χ0v) is 20.2. The molecule has 164 valence electrons. The van der Waals surface area contributed by atoms with Gasteiger partial charge in [-0.05, 0) is 42.5 Å². The van der Waals surface area contributed by atoms with E-state index in [1.807, 2.05) is 53.4 Å². The first-order chi connectivity index (χ1) is 14.8. The van der Waals surface area contributed by atoms with Crippen LogP contribution in [0.1, 0.15) is 20.3 Å². The van der Waals surface area contributed by atoms with E-state index in [1.54, 1.807) is 16.4 Å². The largest absolute Gasteiger partial charge is 0.320 e. The molecule has 2 unspecified atom stereocenters. The van der Waals surface area contributed by atoms with Crippen molar-refractivity contribution in [3.05, 3.63) is 63.7 Å². The van der Waals surface area contributed by atoms with Gasteiger partial charge in [0, 0.05) is 31.1 Å². The van der Waals surface area contributed by atoms with Crippen LogP contribution in [-0.2, 0) is 17.1 Å². The smallest absolute Gasteiger partial charge is 0.244 e. The van der Waals surface area contributed by atoms with Crippen molar-refractivity contribution in [2.75, 3.05) is 13.1 Å². The van der Waals surface area contributed by atoms with E-state index in [-0.39, 0.29) is 9.92 Å². The molecule has 2 aromatic carbocycles. The van der Waals surface area contributed by atoms with Gasteiger partial charge in [-0.1, -0.05) is 49.7 Å². The first-order valence-corrected chi connectivity index (χ1v) is 13.0. The van der Waals surface area contributed by atoms with Crippen LogP contribution < -0.4 is 4.80 Å². The van der Waals surface area contributed by atoms with Gasteiger partial charge in [-0.15, -0.1) is 11.3 Å². The lowest BCUT2D eigenvalue weighted by Crippen LogP contribution is -2.42. The first-order valence-electron chi connectivity index (χ1n) is 10.3. The van der Waals surface area contributed by atoms with E-state index < -0.39 is 10.0 Å². The van der Waals surface area contributed by atoms with Crippen LogP contribution in [0.3, 0.4) is 0 Å². The summed E-state index contributed by atoms with van der Waals surface area (Å²) >= 11 is 7.90. The van der Waals surface area contributed by atoms with Gasteiger partial charge in [0.1, 0.15) is 4.90 Å². The summed E-state index contributed by atoms with van der Waals surface area (Å²) < 4.78 is 30.4. The fraction of sp³-hybridized carbons (Fsp3) is 0.348. The van der Waals surface area contributed by atoms with Crippen LogP contribution in [0.15, 0.2) is 63.8 Å². The predicted molar refractivity (Wildman–Crippen MR) is 127 cm³/mol. The Bertz CT molecular complexity index is 1240. The summed E-state index contributed by atoms with van der Waals surface area (Å²) in [6.45, 7) is 5.25. The van der Waals surface area contributed by atoms with Crippen molar-refractivity contribution < 1.29 is 8.42 Å². The second kappa shape index (κ2) is 8.90. The summed E-state index contributed by atoms with van der Waals surface area (Å²) in [5.74, 6) is 0.662. The molecule has 1 aliphatic heterocycles. The SMILES string of the molecule is CC1CC(C)CN(S(=O)(=O)c2cc(-c3csc(=Nc4ccccc4)n3C)ccc2Cl)C1. The molecule has 0 spiro atoms. The molecule has 3 aromatic rings. The summed E-state index contributed by atoms with van der Waals surface area (Å²) in [6, 6.07) is 15.0. The molecule has 1 aliphatic rings. The molecule has 1 aromatic heterocycles. The Hall–Kier alpha value is -1.93. The number of nitrogens with zero attached hydrogens (tertiary/aromatic N) is 3. The molecule has 0 bridgehead atoms. The normalized spacial score (nSPS) is 20.8. The van der Waals surface area contributed by atoms with E-state index in [4.69, 9.17) is 16.6 Å². The summed E-state index contributed by atoms with van der Waals surface area (Å²) in [7, 11) is -1.74. The Labute approximate surface area is 192 Å². The van der Waals surface area contributed by atoms with Crippen molar-refractivity contribution in [1.82, 2.24) is 8.87 Å². The van der Waals surface area contributed by atoms with Gasteiger partial charge < -0.3 is 4.57 Å². The Kier molecular flexibility index (Phi) is 6.40. The molecule has 0 radical (unpaired) electrons. The minimum Gasteiger partial charge on any atom is -0.320 e. The van der Waals surface area contributed by atoms with Gasteiger partial charge in [-0.25, -0.2) is 13.4 Å². The fourth-order valence-electron chi connectivity index (χ4n) is 4.15. The fourth-order valence-corrected chi connectivity index (χ4v) is 7.25. The minimum atomic E-state index is -3.67. The van der Waals surface area contributed by atoms with E-state index in [0.29, 0.717) is 24.9 Å². The summed E-state index contributed by atoms with van der Waals surface area (Å²) in [6.07, 6.45) is 1.04. The lowest BCUT2D eigenvalue weighted by Gasteiger charge is -2.34. The van der Waals surface area contributed by atoms with E-state index in [2.05, 4.69) is 13.8 Å². The number of hydrogen-bond donors (Lipinski definition) is 0. The summed E-state index contributed by atoms with van der Waals surface area (Å²) in [5.41, 5.74) is 2.57. The third kappa shape index (κ3) is 4.65. The quantitative estimate of drug-likeness (QED) is 0.513. The molecule has 1 fully saturated rings. The molecule has 0 saturated carbocycles. The molecule has 31 heavy (non-hydrogen) atoms. The Balaban J connectivity index is 1.73. The highest BCUT2D eigenvalue weighted by atomic mass is 35.5. The molecule has 8 heteroatoms. The monoisotopic (exact) mass is 475 g/mol. The number of sulfonamides is 1. The van der Waals surface area contributed by atoms with Crippen LogP contribution in [0.2, 0.25) is 5.02 Å². The second-order valence-corrected chi connectivity index (χ2v) is 11.5. The highest BCUT2D eigenvalue weighted by Gasteiger charge is 2.33. The predicted octanol–water partition coefficient (Wildman–Crippen LogP) is 5.31. The van der Waals surface area contributed by atoms with Crippen molar-refractivity contribution in [2.45, 2.75) is 25.2 Å². The third-order valence-electron chi connectivity index (χ3n) is 5.59. The van der Waals surface area contributed by atoms with Gasteiger partial charge in [0.2, 0.25) is 10.0 Å². The number of para-hydroxylation sites is 1. The number of hydrogen-bond acceptors (Lipinski definition) is 4. The third-order valence-corrected chi connectivity index (χ3v) is 8.82. The number of thiazole rings is 1. The first kappa shape index (κ1) is 22.3. The molecule has 2 atom stereocenters. The van der Waals surface area contributed by atoms with Crippen molar-refractivity contribution in [3.63, 3.8) is 0 Å². The van der Waals surface area contributed by atoms with Gasteiger partial charge in [-0.2, -0.15) is 4.31 Å². The Morgan fingerprint density at radius 2 is 1.74 bits per heavy atom. The van der Waals surface area contributed by atoms with Crippen LogP contribution in [0.25, 0.3) is 11.3 Å². The molecule has 0 N–H and O–H groups in total. The number of rotatable bonds is 4. The lowest BCUT2D eigenvalue weighted by molar-refractivity contribution is 0.222. The highest BCUT2D eigenvalue weighted by molar-refractivity contribution is 7.89. The van der Waals surface area contributed by atoms with Crippen molar-refractivity contribution in [1.29, 1.82) is 0 Å². The number of piperidine rings is 1. The number of halogens is 1. The second-order valence-electron chi connectivity index (χ2n) is 8.32. The molecule has 2 heterocycles. The minimum absolute atomic E-state index is 0.167. The average molecular weight is 476 g/mol. The molecular weight excluding hydrogens is 450 g/mol. The molecule has 0 aliphatic carbocycles. The Morgan fingerprint density at radius 3 is 2.42 bits per heavy atom. The van der Waals surface area contributed by atoms with E-state index in [1.165, 1.54) is 11.3 Å². The van der Waals surface area contributed by atoms with Gasteiger partial charge in [0.15, 0.2) is 4.80 Å². The van der Waals surface area contributed by atoms with Crippen LogP contribution >= 0.6 is 22.9 Å². The maximum Gasteiger partial charge on any atom is 0.244 e. The number of benzene rings is 2. The molecule has 1 saturated heterocycles. The molecule has 4 rings (SSSR count). The maximum atomic E-state index is 13.4. The van der Waals surface area contributed by atoms with Crippen molar-refractivity contribution in [3.8, 4) is 11.3 Å². The van der Waals surface area contributed by atoms with Crippen molar-refractivity contribution in [2.24, 2.45) is 23.9 Å². The van der Waals surface area contributed by atoms with Crippen LogP contribution in [0.5, 0.6) is 0 Å². The summed E-state index contributed by atoms with van der Waals surface area (Å²) in [4.78, 5) is 5.69. The van der Waals surface area contributed by atoms with E-state index >= 15 is 0 Å². The summed E-state index contributed by atoms with van der Waals surface area (Å²) in [5, 5.41) is 2.24. The molecule has 5 nitrogen and oxygen atoms in total. The van der Waals surface area contributed by atoms with Gasteiger partial charge in [-0.3, -0.25) is 0 Å². The van der Waals surface area contributed by atoms with Crippen LogP contribution in [0.4, 0.5) is 5.69 Å². The highest BCUT2D eigenvalue weighted by Crippen LogP contribution is 2.33. The van der Waals surface area contributed by atoms with Gasteiger partial charge >= 0.3 is 0 Å². The van der Waals surface area contributed by atoms with Gasteiger partial charge in [0.25, 0.3) is 0 Å². The maximum absolute atomic E-state index is 13.4. The Morgan fingerprint density at radius 1 is 1.06 bits per heavy atom.